The molecule has 1 aliphatic carbocycles. The molecule has 194 valence electrons. The Bertz CT molecular complexity index is 1410. The van der Waals surface area contributed by atoms with Crippen LogP contribution in [0.15, 0.2) is 55.1 Å². The Balaban J connectivity index is 1.21. The van der Waals surface area contributed by atoms with E-state index in [0.29, 0.717) is 24.1 Å². The number of ether oxygens (including phenoxy) is 3. The van der Waals surface area contributed by atoms with Crippen molar-refractivity contribution in [2.45, 2.75) is 70.1 Å². The molecule has 0 unspecified atom stereocenters. The number of fused-ring (bicyclic) bond motifs is 1. The van der Waals surface area contributed by atoms with Gasteiger partial charge in [-0.3, -0.25) is 4.68 Å². The summed E-state index contributed by atoms with van der Waals surface area (Å²) in [5.74, 6) is -0.546. The van der Waals surface area contributed by atoms with Crippen LogP contribution in [0.5, 0.6) is 5.75 Å². The van der Waals surface area contributed by atoms with Crippen LogP contribution in [-0.4, -0.2) is 43.9 Å². The Kier molecular flexibility index (Phi) is 6.42. The van der Waals surface area contributed by atoms with Gasteiger partial charge in [0.1, 0.15) is 11.3 Å². The van der Waals surface area contributed by atoms with Crippen molar-refractivity contribution >= 4 is 22.5 Å². The first kappa shape index (κ1) is 24.4. The van der Waals surface area contributed by atoms with Crippen LogP contribution < -0.4 is 4.74 Å². The van der Waals surface area contributed by atoms with Crippen molar-refractivity contribution in [3.63, 3.8) is 0 Å². The normalized spacial score (nSPS) is 23.5. The third-order valence-corrected chi connectivity index (χ3v) is 7.46. The molecule has 4 aromatic rings. The van der Waals surface area contributed by atoms with Crippen LogP contribution in [0.4, 0.5) is 4.39 Å². The minimum atomic E-state index is -0.557. The minimum Gasteiger partial charge on any atom is -0.487 e. The predicted octanol–water partition coefficient (Wildman–Crippen LogP) is 6.41. The molecule has 4 heterocycles. The van der Waals surface area contributed by atoms with Crippen LogP contribution in [0.1, 0.15) is 45.6 Å². The van der Waals surface area contributed by atoms with E-state index in [1.807, 2.05) is 43.2 Å². The van der Waals surface area contributed by atoms with Gasteiger partial charge >= 0.3 is 0 Å². The molecule has 1 atom stereocenters. The molecule has 9 heteroatoms. The zero-order chi connectivity index (χ0) is 25.6. The monoisotopic (exact) mass is 524 g/mol. The van der Waals surface area contributed by atoms with Crippen LogP contribution >= 0.6 is 11.6 Å². The highest BCUT2D eigenvalue weighted by molar-refractivity contribution is 6.30. The number of nitrogens with zero attached hydrogens (tertiary/aromatic N) is 4. The van der Waals surface area contributed by atoms with Crippen LogP contribution in [0.2, 0.25) is 5.15 Å². The summed E-state index contributed by atoms with van der Waals surface area (Å²) >= 11 is 6.31. The van der Waals surface area contributed by atoms with Gasteiger partial charge in [0.05, 0.1) is 31.0 Å². The summed E-state index contributed by atoms with van der Waals surface area (Å²) in [6, 6.07) is 8.82. The molecule has 2 aliphatic rings. The number of aromatic nitrogens is 4. The second kappa shape index (κ2) is 9.74. The summed E-state index contributed by atoms with van der Waals surface area (Å²) < 4.78 is 35.9. The first-order valence-electron chi connectivity index (χ1n) is 12.8. The lowest BCUT2D eigenvalue weighted by atomic mass is 9.92. The molecule has 1 aromatic carbocycles. The molecule has 1 saturated carbocycles. The third-order valence-electron chi connectivity index (χ3n) is 7.25. The fourth-order valence-corrected chi connectivity index (χ4v) is 5.63. The number of benzene rings is 1. The summed E-state index contributed by atoms with van der Waals surface area (Å²) in [6.07, 6.45) is 11.5. The number of rotatable bonds is 6. The van der Waals surface area contributed by atoms with E-state index in [2.05, 4.69) is 20.8 Å². The Morgan fingerprint density at radius 2 is 1.95 bits per heavy atom. The zero-order valence-corrected chi connectivity index (χ0v) is 21.7. The fraction of sp³-hybridized carbons (Fsp3) is 0.429. The first-order valence-corrected chi connectivity index (χ1v) is 13.1. The lowest BCUT2D eigenvalue weighted by Crippen LogP contribution is -2.25. The minimum absolute atomic E-state index is 0.00435. The van der Waals surface area contributed by atoms with Crippen molar-refractivity contribution in [1.29, 1.82) is 0 Å². The highest BCUT2D eigenvalue weighted by Crippen LogP contribution is 2.38. The van der Waals surface area contributed by atoms with Crippen molar-refractivity contribution in [3.8, 4) is 16.9 Å². The summed E-state index contributed by atoms with van der Waals surface area (Å²) in [7, 11) is 0. The fourth-order valence-electron chi connectivity index (χ4n) is 5.48. The molecule has 6 rings (SSSR count). The third kappa shape index (κ3) is 5.10. The zero-order valence-electron chi connectivity index (χ0n) is 20.9. The summed E-state index contributed by atoms with van der Waals surface area (Å²) in [5, 5.41) is 6.09. The second-order valence-corrected chi connectivity index (χ2v) is 10.7. The van der Waals surface area contributed by atoms with Gasteiger partial charge in [-0.1, -0.05) is 23.7 Å². The highest BCUT2D eigenvalue weighted by atomic mass is 35.5. The maximum atomic E-state index is 14.0. The van der Waals surface area contributed by atoms with E-state index in [9.17, 15) is 4.39 Å². The molecule has 2 fully saturated rings. The molecule has 0 N–H and O–H groups in total. The van der Waals surface area contributed by atoms with Crippen LogP contribution in [0, 0.1) is 5.82 Å². The van der Waals surface area contributed by atoms with Crippen LogP contribution in [0.3, 0.4) is 0 Å². The average molecular weight is 525 g/mol. The number of hydrogen-bond donors (Lipinski definition) is 0. The lowest BCUT2D eigenvalue weighted by molar-refractivity contribution is -0.139. The van der Waals surface area contributed by atoms with Gasteiger partial charge in [-0.2, -0.15) is 5.10 Å². The van der Waals surface area contributed by atoms with Gasteiger partial charge in [0.15, 0.2) is 17.4 Å². The molecule has 1 saturated heterocycles. The number of hydrogen-bond acceptors (Lipinski definition) is 5. The van der Waals surface area contributed by atoms with Crippen molar-refractivity contribution < 1.29 is 18.6 Å². The predicted molar refractivity (Wildman–Crippen MR) is 139 cm³/mol. The van der Waals surface area contributed by atoms with E-state index in [1.54, 1.807) is 18.2 Å². The van der Waals surface area contributed by atoms with Crippen molar-refractivity contribution in [2.75, 3.05) is 6.61 Å². The molecule has 0 radical (unpaired) electrons. The van der Waals surface area contributed by atoms with Crippen LogP contribution in [-0.2, 0) is 16.0 Å². The number of pyridine rings is 1. The molecule has 0 spiro atoms. The van der Waals surface area contributed by atoms with E-state index < -0.39 is 5.79 Å². The maximum Gasteiger partial charge on any atom is 0.165 e. The topological polar surface area (TPSA) is 63.3 Å². The second-order valence-electron chi connectivity index (χ2n) is 10.4. The Morgan fingerprint density at radius 1 is 1.14 bits per heavy atom. The number of halogens is 2. The van der Waals surface area contributed by atoms with Gasteiger partial charge in [-0.25, -0.2) is 9.37 Å². The largest absolute Gasteiger partial charge is 0.487 e. The molecule has 0 amide bonds. The quantitative estimate of drug-likeness (QED) is 0.273. The van der Waals surface area contributed by atoms with E-state index in [4.69, 9.17) is 25.8 Å². The summed E-state index contributed by atoms with van der Waals surface area (Å²) in [4.78, 5) is 4.36. The molecular formula is C28H30ClFN4O3. The van der Waals surface area contributed by atoms with E-state index in [1.165, 1.54) is 6.07 Å². The molecule has 0 bridgehead atoms. The molecule has 37 heavy (non-hydrogen) atoms. The smallest absolute Gasteiger partial charge is 0.165 e. The maximum absolute atomic E-state index is 14.0. The number of para-hydroxylation sites is 1. The van der Waals surface area contributed by atoms with E-state index in [-0.39, 0.29) is 24.1 Å². The highest BCUT2D eigenvalue weighted by Gasteiger charge is 2.33. The first-order chi connectivity index (χ1) is 17.8. The van der Waals surface area contributed by atoms with Gasteiger partial charge < -0.3 is 18.8 Å². The van der Waals surface area contributed by atoms with Gasteiger partial charge in [0, 0.05) is 41.1 Å². The summed E-state index contributed by atoms with van der Waals surface area (Å²) in [5.41, 5.74) is 3.14. The summed E-state index contributed by atoms with van der Waals surface area (Å²) in [6.45, 7) is 5.02. The lowest BCUT2D eigenvalue weighted by Gasteiger charge is -2.30. The Hall–Kier alpha value is -2.94. The molecule has 3 aromatic heterocycles. The van der Waals surface area contributed by atoms with Gasteiger partial charge in [-0.15, -0.1) is 0 Å². The molecular weight excluding hydrogens is 495 g/mol. The Labute approximate surface area is 220 Å². The van der Waals surface area contributed by atoms with E-state index in [0.717, 1.165) is 47.7 Å². The van der Waals surface area contributed by atoms with E-state index >= 15 is 0 Å². The standard InChI is InChI=1S/C28H30ClFN4O3/c1-28(2)35-17-21(37-28)15-33-14-18(12-32-33)23-16-34(25-11-27(29)31-13-22(23)25)19-7-9-20(10-8-19)36-26-6-4-3-5-24(26)30/h3-6,11-14,16,19-21H,7-10,15,17H2,1-2H3/t19?,20?,21-/m1/s1. The Morgan fingerprint density at radius 3 is 2.70 bits per heavy atom. The SMILES string of the molecule is CC1(C)OC[C@@H](Cn2cc(-c3cn(C4CCC(Oc5ccccc5F)CC4)c4cc(Cl)ncc34)cn2)O1. The van der Waals surface area contributed by atoms with Crippen molar-refractivity contribution in [1.82, 2.24) is 19.3 Å². The van der Waals surface area contributed by atoms with Crippen LogP contribution in [0.25, 0.3) is 22.0 Å². The molecule has 1 aliphatic heterocycles. The van der Waals surface area contributed by atoms with Crippen molar-refractivity contribution in [3.05, 3.63) is 66.1 Å². The average Bonchev–Trinajstić information content (AvgIpc) is 3.58. The van der Waals surface area contributed by atoms with Gasteiger partial charge in [0.2, 0.25) is 0 Å². The molecule has 7 nitrogen and oxygen atoms in total. The van der Waals surface area contributed by atoms with Gasteiger partial charge in [-0.05, 0) is 57.7 Å². The van der Waals surface area contributed by atoms with Gasteiger partial charge in [0.25, 0.3) is 0 Å². The van der Waals surface area contributed by atoms with Crippen molar-refractivity contribution in [2.24, 2.45) is 0 Å².